The Morgan fingerprint density at radius 2 is 2.15 bits per heavy atom. The smallest absolute Gasteiger partial charge is 0.243 e. The fourth-order valence-corrected chi connectivity index (χ4v) is 4.58. The third kappa shape index (κ3) is 2.21. The molecule has 0 amide bonds. The lowest BCUT2D eigenvalue weighted by molar-refractivity contribution is 0.233. The summed E-state index contributed by atoms with van der Waals surface area (Å²) in [5.41, 5.74) is 0.988. The molecule has 6 heteroatoms. The molecule has 3 rings (SSSR count). The van der Waals surface area contributed by atoms with Crippen LogP contribution in [-0.2, 0) is 16.4 Å². The van der Waals surface area contributed by atoms with Crippen LogP contribution in [0.4, 0.5) is 0 Å². The number of ether oxygens (including phenoxy) is 1. The van der Waals surface area contributed by atoms with Crippen LogP contribution in [0.5, 0.6) is 5.75 Å². The second kappa shape index (κ2) is 5.02. The normalized spacial score (nSPS) is 27.1. The van der Waals surface area contributed by atoms with Crippen molar-refractivity contribution in [1.82, 2.24) is 9.62 Å². The first-order valence-electron chi connectivity index (χ1n) is 7.01. The van der Waals surface area contributed by atoms with Gasteiger partial charge in [0.1, 0.15) is 5.75 Å². The van der Waals surface area contributed by atoms with Gasteiger partial charge in [-0.15, -0.1) is 0 Å². The Balaban J connectivity index is 1.95. The van der Waals surface area contributed by atoms with E-state index in [-0.39, 0.29) is 12.1 Å². The van der Waals surface area contributed by atoms with Crippen LogP contribution in [0.3, 0.4) is 0 Å². The fourth-order valence-electron chi connectivity index (χ4n) is 2.82. The van der Waals surface area contributed by atoms with Gasteiger partial charge in [0.25, 0.3) is 0 Å². The van der Waals surface area contributed by atoms with E-state index in [1.807, 2.05) is 13.8 Å². The molecule has 2 atom stereocenters. The molecule has 0 aromatic heterocycles. The summed E-state index contributed by atoms with van der Waals surface area (Å²) in [4.78, 5) is 0.378. The van der Waals surface area contributed by atoms with Crippen LogP contribution in [0.25, 0.3) is 0 Å². The minimum atomic E-state index is -3.43. The molecule has 0 radical (unpaired) electrons. The molecule has 0 bridgehead atoms. The Hall–Kier alpha value is -1.11. The zero-order valence-corrected chi connectivity index (χ0v) is 12.6. The number of nitrogens with one attached hydrogen (secondary N) is 1. The van der Waals surface area contributed by atoms with E-state index < -0.39 is 10.0 Å². The maximum Gasteiger partial charge on any atom is 0.243 e. The first kappa shape index (κ1) is 13.9. The van der Waals surface area contributed by atoms with Crippen molar-refractivity contribution in [3.8, 4) is 5.75 Å². The van der Waals surface area contributed by atoms with Crippen molar-refractivity contribution in [2.75, 3.05) is 19.7 Å². The maximum atomic E-state index is 12.8. The summed E-state index contributed by atoms with van der Waals surface area (Å²) in [6.07, 6.45) is 0.784. The van der Waals surface area contributed by atoms with Gasteiger partial charge in [-0.05, 0) is 37.6 Å². The molecule has 0 aliphatic carbocycles. The first-order valence-corrected chi connectivity index (χ1v) is 8.45. The summed E-state index contributed by atoms with van der Waals surface area (Å²) in [6.45, 7) is 5.81. The molecule has 0 spiro atoms. The van der Waals surface area contributed by atoms with Gasteiger partial charge in [-0.3, -0.25) is 0 Å². The summed E-state index contributed by atoms with van der Waals surface area (Å²) in [5.74, 6) is 0.811. The van der Waals surface area contributed by atoms with E-state index in [0.717, 1.165) is 17.7 Å². The molecule has 1 N–H and O–H groups in total. The number of rotatable bonds is 2. The first-order chi connectivity index (χ1) is 9.50. The van der Waals surface area contributed by atoms with E-state index in [1.165, 1.54) is 0 Å². The van der Waals surface area contributed by atoms with Gasteiger partial charge < -0.3 is 10.1 Å². The standard InChI is InChI=1S/C14H20N2O3S/c1-10-11(2)16(7-6-15-10)20(17,18)13-3-4-14-12(9-13)5-8-19-14/h3-4,9-11,15H,5-8H2,1-2H3. The summed E-state index contributed by atoms with van der Waals surface area (Å²) < 4.78 is 32.6. The van der Waals surface area contributed by atoms with Gasteiger partial charge in [0.05, 0.1) is 11.5 Å². The van der Waals surface area contributed by atoms with Crippen molar-refractivity contribution in [1.29, 1.82) is 0 Å². The monoisotopic (exact) mass is 296 g/mol. The van der Waals surface area contributed by atoms with Crippen LogP contribution < -0.4 is 10.1 Å². The Kier molecular flexibility index (Phi) is 3.48. The lowest BCUT2D eigenvalue weighted by Gasteiger charge is -2.37. The largest absolute Gasteiger partial charge is 0.493 e. The Morgan fingerprint density at radius 1 is 1.35 bits per heavy atom. The Bertz CT molecular complexity index is 615. The van der Waals surface area contributed by atoms with Crippen molar-refractivity contribution in [3.05, 3.63) is 23.8 Å². The highest BCUT2D eigenvalue weighted by Crippen LogP contribution is 2.30. The topological polar surface area (TPSA) is 58.6 Å². The predicted octanol–water partition coefficient (Wildman–Crippen LogP) is 0.992. The lowest BCUT2D eigenvalue weighted by atomic mass is 10.1. The molecule has 110 valence electrons. The second-order valence-corrected chi connectivity index (χ2v) is 7.36. The Labute approximate surface area is 120 Å². The van der Waals surface area contributed by atoms with Crippen LogP contribution in [0.15, 0.2) is 23.1 Å². The number of hydrogen-bond donors (Lipinski definition) is 1. The molecule has 2 aliphatic heterocycles. The van der Waals surface area contributed by atoms with Gasteiger partial charge in [0.2, 0.25) is 10.0 Å². The molecule has 1 saturated heterocycles. The number of fused-ring (bicyclic) bond motifs is 1. The molecule has 2 heterocycles. The zero-order chi connectivity index (χ0) is 14.3. The van der Waals surface area contributed by atoms with E-state index in [0.29, 0.717) is 24.6 Å². The summed E-state index contributed by atoms with van der Waals surface area (Å²) in [6, 6.07) is 5.30. The van der Waals surface area contributed by atoms with Gasteiger partial charge in [-0.1, -0.05) is 0 Å². The number of hydrogen-bond acceptors (Lipinski definition) is 4. The van der Waals surface area contributed by atoms with E-state index in [2.05, 4.69) is 5.32 Å². The van der Waals surface area contributed by atoms with Gasteiger partial charge in [-0.25, -0.2) is 8.42 Å². The van der Waals surface area contributed by atoms with Gasteiger partial charge in [0, 0.05) is 31.6 Å². The number of sulfonamides is 1. The minimum absolute atomic E-state index is 0.0433. The van der Waals surface area contributed by atoms with Crippen molar-refractivity contribution >= 4 is 10.0 Å². The SMILES string of the molecule is CC1NCCN(S(=O)(=O)c2ccc3c(c2)CCO3)C1C. The molecule has 5 nitrogen and oxygen atoms in total. The van der Waals surface area contributed by atoms with Gasteiger partial charge >= 0.3 is 0 Å². The third-order valence-electron chi connectivity index (χ3n) is 4.24. The predicted molar refractivity (Wildman–Crippen MR) is 76.5 cm³/mol. The highest BCUT2D eigenvalue weighted by atomic mass is 32.2. The van der Waals surface area contributed by atoms with Crippen LogP contribution in [0.2, 0.25) is 0 Å². The second-order valence-electron chi connectivity index (χ2n) is 5.47. The molecule has 1 aromatic rings. The summed E-state index contributed by atoms with van der Waals surface area (Å²) >= 11 is 0. The molecule has 0 saturated carbocycles. The molecule has 20 heavy (non-hydrogen) atoms. The molecule has 2 aliphatic rings. The van der Waals surface area contributed by atoms with E-state index >= 15 is 0 Å². The van der Waals surface area contributed by atoms with E-state index in [1.54, 1.807) is 22.5 Å². The highest BCUT2D eigenvalue weighted by Gasteiger charge is 2.34. The van der Waals surface area contributed by atoms with Crippen molar-refractivity contribution in [2.24, 2.45) is 0 Å². The van der Waals surface area contributed by atoms with Crippen LogP contribution in [0, 0.1) is 0 Å². The van der Waals surface area contributed by atoms with Gasteiger partial charge in [0.15, 0.2) is 0 Å². The quantitative estimate of drug-likeness (QED) is 0.884. The van der Waals surface area contributed by atoms with Gasteiger partial charge in [-0.2, -0.15) is 4.31 Å². The van der Waals surface area contributed by atoms with Crippen LogP contribution >= 0.6 is 0 Å². The van der Waals surface area contributed by atoms with Crippen molar-refractivity contribution in [3.63, 3.8) is 0 Å². The summed E-state index contributed by atoms with van der Waals surface area (Å²) in [7, 11) is -3.43. The number of benzene rings is 1. The fraction of sp³-hybridized carbons (Fsp3) is 0.571. The lowest BCUT2D eigenvalue weighted by Crippen LogP contribution is -2.57. The minimum Gasteiger partial charge on any atom is -0.493 e. The third-order valence-corrected chi connectivity index (χ3v) is 6.23. The Morgan fingerprint density at radius 3 is 2.95 bits per heavy atom. The highest BCUT2D eigenvalue weighted by molar-refractivity contribution is 7.89. The van der Waals surface area contributed by atoms with Crippen LogP contribution in [-0.4, -0.2) is 44.5 Å². The molecular formula is C14H20N2O3S. The maximum absolute atomic E-state index is 12.8. The summed E-state index contributed by atoms with van der Waals surface area (Å²) in [5, 5.41) is 3.30. The van der Waals surface area contributed by atoms with E-state index in [4.69, 9.17) is 4.74 Å². The van der Waals surface area contributed by atoms with Crippen LogP contribution in [0.1, 0.15) is 19.4 Å². The molecule has 1 fully saturated rings. The molecule has 1 aromatic carbocycles. The van der Waals surface area contributed by atoms with E-state index in [9.17, 15) is 8.42 Å². The molecule has 2 unspecified atom stereocenters. The van der Waals surface area contributed by atoms with Crippen molar-refractivity contribution < 1.29 is 13.2 Å². The van der Waals surface area contributed by atoms with Crippen molar-refractivity contribution in [2.45, 2.75) is 37.2 Å². The number of nitrogens with zero attached hydrogens (tertiary/aromatic N) is 1. The number of piperazine rings is 1. The average molecular weight is 296 g/mol. The molecular weight excluding hydrogens is 276 g/mol. The average Bonchev–Trinajstić information content (AvgIpc) is 2.89. The zero-order valence-electron chi connectivity index (χ0n) is 11.8.